The summed E-state index contributed by atoms with van der Waals surface area (Å²) in [4.78, 5) is 3.76. The Morgan fingerprint density at radius 3 is 2.57 bits per heavy atom. The Balaban J connectivity index is 3.16. The Morgan fingerprint density at radius 1 is 1.36 bits per heavy atom. The van der Waals surface area contributed by atoms with E-state index < -0.39 is 11.6 Å². The molecule has 0 amide bonds. The van der Waals surface area contributed by atoms with Crippen molar-refractivity contribution in [2.24, 2.45) is 10.7 Å². The molecule has 0 saturated carbocycles. The van der Waals surface area contributed by atoms with Crippen LogP contribution in [-0.2, 0) is 0 Å². The third-order valence-corrected chi connectivity index (χ3v) is 1.85. The standard InChI is InChI=1S/C10H12F2N2/c1-3-10(13)14-9-5-7(11)6(2)4-8(9)12/h4-5H,3H2,1-2H3,(H2,13,14). The third kappa shape index (κ3) is 2.28. The summed E-state index contributed by atoms with van der Waals surface area (Å²) in [6.45, 7) is 3.29. The lowest BCUT2D eigenvalue weighted by molar-refractivity contribution is 0.594. The van der Waals surface area contributed by atoms with E-state index in [0.29, 0.717) is 6.42 Å². The fraction of sp³-hybridized carbons (Fsp3) is 0.300. The molecule has 0 aliphatic heterocycles. The number of rotatable bonds is 2. The number of hydrogen-bond donors (Lipinski definition) is 1. The van der Waals surface area contributed by atoms with E-state index in [1.165, 1.54) is 6.92 Å². The number of nitrogens with two attached hydrogens (primary N) is 1. The van der Waals surface area contributed by atoms with Crippen molar-refractivity contribution >= 4 is 11.5 Å². The number of aryl methyl sites for hydroxylation is 1. The van der Waals surface area contributed by atoms with E-state index in [0.717, 1.165) is 12.1 Å². The van der Waals surface area contributed by atoms with E-state index in [-0.39, 0.29) is 17.1 Å². The zero-order chi connectivity index (χ0) is 10.7. The van der Waals surface area contributed by atoms with Crippen molar-refractivity contribution in [2.75, 3.05) is 0 Å². The average molecular weight is 198 g/mol. The van der Waals surface area contributed by atoms with Crippen molar-refractivity contribution in [3.63, 3.8) is 0 Å². The first-order chi connectivity index (χ1) is 6.54. The summed E-state index contributed by atoms with van der Waals surface area (Å²) in [5, 5.41) is 0. The van der Waals surface area contributed by atoms with E-state index in [1.54, 1.807) is 6.92 Å². The number of amidine groups is 1. The predicted molar refractivity (Wildman–Crippen MR) is 52.7 cm³/mol. The maximum Gasteiger partial charge on any atom is 0.149 e. The van der Waals surface area contributed by atoms with Gasteiger partial charge in [-0.3, -0.25) is 0 Å². The van der Waals surface area contributed by atoms with Crippen molar-refractivity contribution in [3.8, 4) is 0 Å². The molecule has 0 aliphatic rings. The van der Waals surface area contributed by atoms with E-state index in [4.69, 9.17) is 5.73 Å². The Morgan fingerprint density at radius 2 is 2.00 bits per heavy atom. The van der Waals surface area contributed by atoms with Crippen LogP contribution in [0.1, 0.15) is 18.9 Å². The van der Waals surface area contributed by atoms with Gasteiger partial charge in [0.2, 0.25) is 0 Å². The van der Waals surface area contributed by atoms with Crippen molar-refractivity contribution < 1.29 is 8.78 Å². The van der Waals surface area contributed by atoms with Crippen LogP contribution in [0.5, 0.6) is 0 Å². The van der Waals surface area contributed by atoms with Gasteiger partial charge in [-0.05, 0) is 18.6 Å². The van der Waals surface area contributed by atoms with E-state index in [1.807, 2.05) is 0 Å². The molecule has 0 heterocycles. The minimum atomic E-state index is -0.555. The van der Waals surface area contributed by atoms with Crippen LogP contribution in [0.2, 0.25) is 0 Å². The highest BCUT2D eigenvalue weighted by atomic mass is 19.1. The molecule has 14 heavy (non-hydrogen) atoms. The third-order valence-electron chi connectivity index (χ3n) is 1.85. The van der Waals surface area contributed by atoms with Crippen LogP contribution in [0.25, 0.3) is 0 Å². The van der Waals surface area contributed by atoms with E-state index >= 15 is 0 Å². The number of aliphatic imine (C=N–C) groups is 1. The Hall–Kier alpha value is -1.45. The second-order valence-electron chi connectivity index (χ2n) is 3.01. The molecule has 0 spiro atoms. The molecule has 0 aliphatic carbocycles. The average Bonchev–Trinajstić information content (AvgIpc) is 2.14. The van der Waals surface area contributed by atoms with Crippen LogP contribution < -0.4 is 5.73 Å². The molecule has 0 radical (unpaired) electrons. The van der Waals surface area contributed by atoms with Gasteiger partial charge in [0.1, 0.15) is 17.3 Å². The van der Waals surface area contributed by atoms with Crippen molar-refractivity contribution in [1.29, 1.82) is 0 Å². The molecule has 0 aromatic heterocycles. The molecule has 0 saturated heterocycles. The van der Waals surface area contributed by atoms with Crippen LogP contribution in [0, 0.1) is 18.6 Å². The van der Waals surface area contributed by atoms with Gasteiger partial charge >= 0.3 is 0 Å². The largest absolute Gasteiger partial charge is 0.387 e. The molecular formula is C10H12F2N2. The molecule has 2 N–H and O–H groups in total. The zero-order valence-corrected chi connectivity index (χ0v) is 8.14. The second-order valence-corrected chi connectivity index (χ2v) is 3.01. The summed E-state index contributed by atoms with van der Waals surface area (Å²) in [6, 6.07) is 2.16. The number of nitrogens with zero attached hydrogens (tertiary/aromatic N) is 1. The summed E-state index contributed by atoms with van der Waals surface area (Å²) in [7, 11) is 0. The summed E-state index contributed by atoms with van der Waals surface area (Å²) in [5.74, 6) is -0.749. The molecule has 4 heteroatoms. The van der Waals surface area contributed by atoms with Gasteiger partial charge in [0.25, 0.3) is 0 Å². The zero-order valence-electron chi connectivity index (χ0n) is 8.14. The summed E-state index contributed by atoms with van der Waals surface area (Å²) in [5.41, 5.74) is 5.63. The molecular weight excluding hydrogens is 186 g/mol. The smallest absolute Gasteiger partial charge is 0.149 e. The van der Waals surface area contributed by atoms with Gasteiger partial charge in [0.05, 0.1) is 5.84 Å². The molecule has 0 fully saturated rings. The number of benzene rings is 1. The molecule has 0 atom stereocenters. The first kappa shape index (κ1) is 10.6. The summed E-state index contributed by atoms with van der Waals surface area (Å²) in [6.07, 6.45) is 0.509. The Labute approximate surface area is 81.5 Å². The molecule has 2 nitrogen and oxygen atoms in total. The molecule has 1 aromatic rings. The van der Waals surface area contributed by atoms with Gasteiger partial charge in [-0.2, -0.15) is 0 Å². The highest BCUT2D eigenvalue weighted by Gasteiger charge is 2.06. The molecule has 1 rings (SSSR count). The van der Waals surface area contributed by atoms with Crippen LogP contribution >= 0.6 is 0 Å². The SMILES string of the molecule is CCC(N)=Nc1cc(F)c(C)cc1F. The van der Waals surface area contributed by atoms with E-state index in [9.17, 15) is 8.78 Å². The van der Waals surface area contributed by atoms with Crippen molar-refractivity contribution in [3.05, 3.63) is 29.3 Å². The lowest BCUT2D eigenvalue weighted by atomic mass is 10.2. The van der Waals surface area contributed by atoms with Gasteiger partial charge in [0.15, 0.2) is 0 Å². The first-order valence-electron chi connectivity index (χ1n) is 4.33. The highest BCUT2D eigenvalue weighted by molar-refractivity contribution is 5.82. The maximum absolute atomic E-state index is 13.2. The monoisotopic (exact) mass is 198 g/mol. The quantitative estimate of drug-likeness (QED) is 0.575. The molecule has 76 valence electrons. The second kappa shape index (κ2) is 4.17. The fourth-order valence-electron chi connectivity index (χ4n) is 0.955. The lowest BCUT2D eigenvalue weighted by Crippen LogP contribution is -2.08. The highest BCUT2D eigenvalue weighted by Crippen LogP contribution is 2.21. The normalized spacial score (nSPS) is 11.9. The van der Waals surface area contributed by atoms with Gasteiger partial charge in [0, 0.05) is 12.5 Å². The van der Waals surface area contributed by atoms with Gasteiger partial charge in [-0.25, -0.2) is 13.8 Å². The minimum Gasteiger partial charge on any atom is -0.387 e. The minimum absolute atomic E-state index is 0.0487. The first-order valence-corrected chi connectivity index (χ1v) is 4.33. The van der Waals surface area contributed by atoms with Gasteiger partial charge in [-0.1, -0.05) is 6.92 Å². The summed E-state index contributed by atoms with van der Waals surface area (Å²) < 4.78 is 26.2. The van der Waals surface area contributed by atoms with Crippen LogP contribution in [-0.4, -0.2) is 5.84 Å². The van der Waals surface area contributed by atoms with Crippen molar-refractivity contribution in [1.82, 2.24) is 0 Å². The molecule has 0 bridgehead atoms. The predicted octanol–water partition coefficient (Wildman–Crippen LogP) is 2.67. The fourth-order valence-corrected chi connectivity index (χ4v) is 0.955. The van der Waals surface area contributed by atoms with Crippen LogP contribution in [0.15, 0.2) is 17.1 Å². The van der Waals surface area contributed by atoms with Crippen LogP contribution in [0.4, 0.5) is 14.5 Å². The Bertz CT molecular complexity index is 373. The topological polar surface area (TPSA) is 38.4 Å². The number of halogens is 2. The summed E-state index contributed by atoms with van der Waals surface area (Å²) >= 11 is 0. The van der Waals surface area contributed by atoms with Crippen molar-refractivity contribution in [2.45, 2.75) is 20.3 Å². The Kier molecular flexibility index (Phi) is 3.17. The van der Waals surface area contributed by atoms with Crippen LogP contribution in [0.3, 0.4) is 0 Å². The maximum atomic E-state index is 13.2. The van der Waals surface area contributed by atoms with Gasteiger partial charge in [-0.15, -0.1) is 0 Å². The van der Waals surface area contributed by atoms with Gasteiger partial charge < -0.3 is 5.73 Å². The van der Waals surface area contributed by atoms with E-state index in [2.05, 4.69) is 4.99 Å². The number of hydrogen-bond acceptors (Lipinski definition) is 1. The lowest BCUT2D eigenvalue weighted by Gasteiger charge is -2.01. The molecule has 0 unspecified atom stereocenters. The molecule has 1 aromatic carbocycles.